The number of hydrogen-bond donors (Lipinski definition) is 0. The number of hydrogen-bond acceptors (Lipinski definition) is 5. The lowest BCUT2D eigenvalue weighted by molar-refractivity contribution is 0.0239. The predicted octanol–water partition coefficient (Wildman–Crippen LogP) is 9.15. The van der Waals surface area contributed by atoms with E-state index >= 15 is 0 Å². The summed E-state index contributed by atoms with van der Waals surface area (Å²) in [6.07, 6.45) is 4.84. The maximum atomic E-state index is 12.1. The summed E-state index contributed by atoms with van der Waals surface area (Å²) < 4.78 is 10.5. The Morgan fingerprint density at radius 2 is 1.55 bits per heavy atom. The van der Waals surface area contributed by atoms with Gasteiger partial charge in [-0.05, 0) is 97.2 Å². The van der Waals surface area contributed by atoms with Gasteiger partial charge >= 0.3 is 6.16 Å². The van der Waals surface area contributed by atoms with E-state index in [1.807, 2.05) is 20.8 Å². The van der Waals surface area contributed by atoms with Crippen LogP contribution in [0.5, 0.6) is 5.75 Å². The molecule has 0 bridgehead atoms. The first-order valence-corrected chi connectivity index (χ1v) is 14.4. The van der Waals surface area contributed by atoms with Gasteiger partial charge in [0.25, 0.3) is 0 Å². The summed E-state index contributed by atoms with van der Waals surface area (Å²) in [5.41, 5.74) is 9.68. The summed E-state index contributed by atoms with van der Waals surface area (Å²) in [7, 11) is 1.33. The van der Waals surface area contributed by atoms with Crippen LogP contribution in [0, 0.1) is 19.8 Å². The van der Waals surface area contributed by atoms with Crippen molar-refractivity contribution in [1.82, 2.24) is 0 Å². The summed E-state index contributed by atoms with van der Waals surface area (Å²) >= 11 is 0. The van der Waals surface area contributed by atoms with E-state index < -0.39 is 6.16 Å². The molecule has 0 unspecified atom stereocenters. The van der Waals surface area contributed by atoms with Crippen LogP contribution in [0.2, 0.25) is 0 Å². The fourth-order valence-electron chi connectivity index (χ4n) is 5.39. The molecule has 212 valence electrons. The SMILES string of the molecule is COC(=O)Oc1c(C)c(C)cc(C(C)C)c1Cc1ccc(-c2ccc(C(C)=NOC3CCC(C)CC3)cc2)cc1. The van der Waals surface area contributed by atoms with Gasteiger partial charge in [-0.25, -0.2) is 4.79 Å². The van der Waals surface area contributed by atoms with Crippen molar-refractivity contribution in [3.8, 4) is 16.9 Å². The molecular formula is C35H43NO4. The molecule has 1 aliphatic rings. The van der Waals surface area contributed by atoms with Crippen LogP contribution < -0.4 is 4.74 Å². The third kappa shape index (κ3) is 7.12. The highest BCUT2D eigenvalue weighted by molar-refractivity contribution is 5.98. The zero-order valence-electron chi connectivity index (χ0n) is 25.0. The number of ether oxygens (including phenoxy) is 2. The van der Waals surface area contributed by atoms with Crippen molar-refractivity contribution in [2.24, 2.45) is 11.1 Å². The van der Waals surface area contributed by atoms with E-state index in [1.54, 1.807) is 0 Å². The molecule has 40 heavy (non-hydrogen) atoms. The van der Waals surface area contributed by atoms with Crippen molar-refractivity contribution in [2.45, 2.75) is 85.7 Å². The first kappa shape index (κ1) is 29.4. The molecule has 3 aromatic rings. The van der Waals surface area contributed by atoms with Crippen molar-refractivity contribution in [3.63, 3.8) is 0 Å². The lowest BCUT2D eigenvalue weighted by Gasteiger charge is -2.24. The maximum Gasteiger partial charge on any atom is 0.513 e. The van der Waals surface area contributed by atoms with Crippen LogP contribution in [0.15, 0.2) is 59.8 Å². The summed E-state index contributed by atoms with van der Waals surface area (Å²) in [5, 5.41) is 4.44. The van der Waals surface area contributed by atoms with Crippen LogP contribution in [-0.2, 0) is 16.0 Å². The lowest BCUT2D eigenvalue weighted by Crippen LogP contribution is -2.19. The minimum absolute atomic E-state index is 0.243. The van der Waals surface area contributed by atoms with E-state index in [4.69, 9.17) is 14.3 Å². The molecule has 1 aliphatic carbocycles. The highest BCUT2D eigenvalue weighted by atomic mass is 16.7. The van der Waals surface area contributed by atoms with Gasteiger partial charge < -0.3 is 14.3 Å². The van der Waals surface area contributed by atoms with Crippen molar-refractivity contribution >= 4 is 11.9 Å². The molecule has 0 aliphatic heterocycles. The second-order valence-corrected chi connectivity index (χ2v) is 11.5. The number of aryl methyl sites for hydroxylation is 1. The van der Waals surface area contributed by atoms with Gasteiger partial charge in [0.15, 0.2) is 0 Å². The van der Waals surface area contributed by atoms with Gasteiger partial charge in [-0.15, -0.1) is 0 Å². The molecule has 0 N–H and O–H groups in total. The molecule has 0 atom stereocenters. The number of carbonyl (C=O) groups excluding carboxylic acids is 1. The smallest absolute Gasteiger partial charge is 0.437 e. The molecule has 0 spiro atoms. The molecule has 0 amide bonds. The highest BCUT2D eigenvalue weighted by Crippen LogP contribution is 2.36. The summed E-state index contributed by atoms with van der Waals surface area (Å²) in [4.78, 5) is 17.9. The van der Waals surface area contributed by atoms with Crippen molar-refractivity contribution in [2.75, 3.05) is 7.11 Å². The number of oxime groups is 1. The van der Waals surface area contributed by atoms with Gasteiger partial charge in [0, 0.05) is 12.0 Å². The first-order chi connectivity index (χ1) is 19.2. The molecule has 1 saturated carbocycles. The van der Waals surface area contributed by atoms with Crippen LogP contribution in [-0.4, -0.2) is 25.1 Å². The van der Waals surface area contributed by atoms with Crippen LogP contribution in [0.1, 0.15) is 92.7 Å². The molecule has 0 heterocycles. The van der Waals surface area contributed by atoms with Gasteiger partial charge in [-0.1, -0.05) is 80.5 Å². The maximum absolute atomic E-state index is 12.1. The minimum Gasteiger partial charge on any atom is -0.437 e. The zero-order valence-corrected chi connectivity index (χ0v) is 25.0. The zero-order chi connectivity index (χ0) is 28.8. The second-order valence-electron chi connectivity index (χ2n) is 11.5. The summed E-state index contributed by atoms with van der Waals surface area (Å²) in [6, 6.07) is 19.3. The van der Waals surface area contributed by atoms with Crippen LogP contribution >= 0.6 is 0 Å². The van der Waals surface area contributed by atoms with E-state index in [2.05, 4.69) is 80.5 Å². The van der Waals surface area contributed by atoms with Crippen LogP contribution in [0.25, 0.3) is 11.1 Å². The third-order valence-electron chi connectivity index (χ3n) is 8.17. The third-order valence-corrected chi connectivity index (χ3v) is 8.17. The molecule has 4 rings (SSSR count). The van der Waals surface area contributed by atoms with Gasteiger partial charge in [-0.2, -0.15) is 0 Å². The Morgan fingerprint density at radius 3 is 2.12 bits per heavy atom. The summed E-state index contributed by atoms with van der Waals surface area (Å²) in [6.45, 7) is 12.7. The second kappa shape index (κ2) is 13.2. The molecule has 5 heteroatoms. The molecule has 3 aromatic carbocycles. The normalized spacial score (nSPS) is 17.6. The van der Waals surface area contributed by atoms with Crippen molar-refractivity contribution < 1.29 is 19.1 Å². The van der Waals surface area contributed by atoms with E-state index in [9.17, 15) is 4.79 Å². The highest BCUT2D eigenvalue weighted by Gasteiger charge is 2.21. The Hall–Kier alpha value is -3.60. The van der Waals surface area contributed by atoms with E-state index in [-0.39, 0.29) is 12.0 Å². The average molecular weight is 542 g/mol. The quantitative estimate of drug-likeness (QED) is 0.123. The number of benzene rings is 3. The fourth-order valence-corrected chi connectivity index (χ4v) is 5.39. The largest absolute Gasteiger partial charge is 0.513 e. The Labute approximate surface area is 239 Å². The Bertz CT molecular complexity index is 1330. The molecule has 1 fully saturated rings. The number of methoxy groups -OCH3 is 1. The summed E-state index contributed by atoms with van der Waals surface area (Å²) in [5.74, 6) is 1.69. The van der Waals surface area contributed by atoms with Crippen LogP contribution in [0.3, 0.4) is 0 Å². The van der Waals surface area contributed by atoms with Gasteiger partial charge in [-0.3, -0.25) is 0 Å². The van der Waals surface area contributed by atoms with Gasteiger partial charge in [0.05, 0.1) is 12.8 Å². The van der Waals surface area contributed by atoms with Crippen LogP contribution in [0.4, 0.5) is 4.79 Å². The van der Waals surface area contributed by atoms with E-state index in [0.717, 1.165) is 63.4 Å². The van der Waals surface area contributed by atoms with Gasteiger partial charge in [0.2, 0.25) is 0 Å². The molecule has 0 aromatic heterocycles. The first-order valence-electron chi connectivity index (χ1n) is 14.4. The van der Waals surface area contributed by atoms with E-state index in [1.165, 1.54) is 25.5 Å². The Balaban J connectivity index is 1.49. The minimum atomic E-state index is -0.695. The molecule has 0 saturated heterocycles. The van der Waals surface area contributed by atoms with Crippen molar-refractivity contribution in [1.29, 1.82) is 0 Å². The number of nitrogens with zero attached hydrogens (tertiary/aromatic N) is 1. The number of rotatable bonds is 8. The topological polar surface area (TPSA) is 57.1 Å². The molecule has 5 nitrogen and oxygen atoms in total. The lowest BCUT2D eigenvalue weighted by atomic mass is 9.88. The predicted molar refractivity (Wildman–Crippen MR) is 162 cm³/mol. The van der Waals surface area contributed by atoms with Gasteiger partial charge in [0.1, 0.15) is 11.9 Å². The monoisotopic (exact) mass is 541 g/mol. The Morgan fingerprint density at radius 1 is 0.950 bits per heavy atom. The number of carbonyl (C=O) groups is 1. The van der Waals surface area contributed by atoms with Crippen molar-refractivity contribution in [3.05, 3.63) is 88.0 Å². The standard InChI is InChI=1S/C35H43NO4/c1-22(2)32-20-24(4)25(5)34(39-35(37)38-7)33(32)21-27-10-12-29(13-11-27)30-16-14-28(15-17-30)26(6)36-40-31-18-8-23(3)9-19-31/h10-17,20,22-23,31H,8-9,18-19,21H2,1-7H3. The Kier molecular flexibility index (Phi) is 9.67. The fraction of sp³-hybridized carbons (Fsp3) is 0.429. The van der Waals surface area contributed by atoms with E-state index in [0.29, 0.717) is 12.2 Å². The average Bonchev–Trinajstić information content (AvgIpc) is 2.96. The molecular weight excluding hydrogens is 498 g/mol. The molecule has 0 radical (unpaired) electrons.